The van der Waals surface area contributed by atoms with Gasteiger partial charge in [0.2, 0.25) is 0 Å². The van der Waals surface area contributed by atoms with Crippen LogP contribution in [0.4, 0.5) is 0 Å². The molecule has 0 fully saturated rings. The minimum atomic E-state index is -0.875. The number of rotatable bonds is 5. The van der Waals surface area contributed by atoms with E-state index in [-0.39, 0.29) is 20.4 Å². The molecule has 0 atom stereocenters. The third-order valence-corrected chi connectivity index (χ3v) is 7.97. The number of allylic oxidation sites excluding steroid dienone is 1. The van der Waals surface area contributed by atoms with Crippen LogP contribution in [0.3, 0.4) is 0 Å². The van der Waals surface area contributed by atoms with E-state index >= 15 is 0 Å². The molecule has 0 saturated carbocycles. The van der Waals surface area contributed by atoms with Crippen LogP contribution in [0.2, 0.25) is 0 Å². The Morgan fingerprint density at radius 1 is 1.06 bits per heavy atom. The van der Waals surface area contributed by atoms with Gasteiger partial charge in [-0.15, -0.1) is 0 Å². The Hall–Kier alpha value is -3.05. The Morgan fingerprint density at radius 3 is 2.49 bits per heavy atom. The van der Waals surface area contributed by atoms with E-state index in [9.17, 15) is 9.90 Å². The summed E-state index contributed by atoms with van der Waals surface area (Å²) in [5.41, 5.74) is 8.78. The summed E-state index contributed by atoms with van der Waals surface area (Å²) < 4.78 is 1.27. The number of hydrogen-bond donors (Lipinski definition) is 1. The summed E-state index contributed by atoms with van der Waals surface area (Å²) in [4.78, 5) is 15.0. The monoisotopic (exact) mass is 528 g/mol. The zero-order chi connectivity index (χ0) is 25.2. The van der Waals surface area contributed by atoms with Crippen molar-refractivity contribution in [1.29, 1.82) is 0 Å². The molecule has 3 aromatic carbocycles. The van der Waals surface area contributed by atoms with Crippen LogP contribution >= 0.6 is 0 Å². The van der Waals surface area contributed by atoms with E-state index in [1.807, 2.05) is 12.1 Å². The fourth-order valence-corrected chi connectivity index (χ4v) is 5.86. The van der Waals surface area contributed by atoms with Crippen molar-refractivity contribution in [3.8, 4) is 10.7 Å². The van der Waals surface area contributed by atoms with E-state index < -0.39 is 5.97 Å². The molecule has 3 heteroatoms. The van der Waals surface area contributed by atoms with Crippen LogP contribution in [0.5, 0.6) is 0 Å². The molecule has 2 nitrogen and oxygen atoms in total. The van der Waals surface area contributed by atoms with E-state index in [1.54, 1.807) is 6.07 Å². The van der Waals surface area contributed by atoms with Gasteiger partial charge < -0.3 is 0 Å². The first-order valence-electron chi connectivity index (χ1n) is 12.1. The van der Waals surface area contributed by atoms with E-state index in [1.165, 1.54) is 32.3 Å². The Bertz CT molecular complexity index is 1350. The molecular weight excluding hydrogens is 495 g/mol. The van der Waals surface area contributed by atoms with Gasteiger partial charge in [-0.25, -0.2) is 0 Å². The van der Waals surface area contributed by atoms with Gasteiger partial charge in [-0.1, -0.05) is 0 Å². The van der Waals surface area contributed by atoms with Crippen LogP contribution in [-0.4, -0.2) is 26.0 Å². The molecule has 4 rings (SSSR count). The van der Waals surface area contributed by atoms with E-state index in [0.717, 1.165) is 24.0 Å². The van der Waals surface area contributed by atoms with Gasteiger partial charge in [0.15, 0.2) is 0 Å². The van der Waals surface area contributed by atoms with Crippen molar-refractivity contribution in [3.63, 3.8) is 0 Å². The molecular formula is C32H32O2Se. The summed E-state index contributed by atoms with van der Waals surface area (Å²) in [7, 11) is 0. The Kier molecular flexibility index (Phi) is 7.36. The molecule has 0 unspecified atom stereocenters. The molecule has 1 aliphatic rings. The Labute approximate surface area is 215 Å². The maximum atomic E-state index is 11.6. The van der Waals surface area contributed by atoms with E-state index in [2.05, 4.69) is 93.9 Å². The SMILES string of the molecule is Cc1ccc(C2=CCC(C)(C)c3cc([Se]C#Cc4ccc(C(=O)O)c(CC(C)C)c4)ccc32)cc1. The third kappa shape index (κ3) is 5.79. The topological polar surface area (TPSA) is 37.3 Å². The van der Waals surface area contributed by atoms with Crippen molar-refractivity contribution in [3.05, 3.63) is 106 Å². The first-order chi connectivity index (χ1) is 16.6. The minimum absolute atomic E-state index is 0.0139. The van der Waals surface area contributed by atoms with Crippen molar-refractivity contribution in [2.24, 2.45) is 5.92 Å². The van der Waals surface area contributed by atoms with Crippen LogP contribution in [0.15, 0.2) is 66.7 Å². The first kappa shape index (κ1) is 25.1. The summed E-state index contributed by atoms with van der Waals surface area (Å²) in [5, 5.41) is 9.50. The van der Waals surface area contributed by atoms with Crippen molar-refractivity contribution in [2.75, 3.05) is 0 Å². The van der Waals surface area contributed by atoms with E-state index in [4.69, 9.17) is 0 Å². The predicted octanol–water partition coefficient (Wildman–Crippen LogP) is 6.34. The zero-order valence-corrected chi connectivity index (χ0v) is 22.8. The third-order valence-electron chi connectivity index (χ3n) is 6.52. The van der Waals surface area contributed by atoms with Gasteiger partial charge in [0.25, 0.3) is 0 Å². The van der Waals surface area contributed by atoms with Gasteiger partial charge in [-0.05, 0) is 0 Å². The number of aromatic carboxylic acids is 1. The summed E-state index contributed by atoms with van der Waals surface area (Å²) in [5.74, 6) is 2.80. The molecule has 0 radical (unpaired) electrons. The number of hydrogen-bond acceptors (Lipinski definition) is 1. The van der Waals surface area contributed by atoms with Crippen LogP contribution in [0.25, 0.3) is 5.57 Å². The Balaban J connectivity index is 1.60. The Morgan fingerprint density at radius 2 is 1.80 bits per heavy atom. The molecule has 178 valence electrons. The summed E-state index contributed by atoms with van der Waals surface area (Å²) in [6, 6.07) is 21.1. The van der Waals surface area contributed by atoms with Gasteiger partial charge in [0, 0.05) is 0 Å². The number of carboxylic acids is 1. The molecule has 3 aromatic rings. The van der Waals surface area contributed by atoms with Crippen LogP contribution in [0, 0.1) is 23.6 Å². The van der Waals surface area contributed by atoms with E-state index in [0.29, 0.717) is 11.5 Å². The summed E-state index contributed by atoms with van der Waals surface area (Å²) in [6.07, 6.45) is 4.13. The van der Waals surface area contributed by atoms with Crippen molar-refractivity contribution >= 4 is 31.0 Å². The molecule has 35 heavy (non-hydrogen) atoms. The first-order valence-corrected chi connectivity index (χ1v) is 13.8. The molecule has 0 bridgehead atoms. The molecule has 1 N–H and O–H groups in total. The van der Waals surface area contributed by atoms with Crippen molar-refractivity contribution in [2.45, 2.75) is 52.9 Å². The fourth-order valence-electron chi connectivity index (χ4n) is 4.60. The van der Waals surface area contributed by atoms with Gasteiger partial charge in [0.05, 0.1) is 0 Å². The predicted molar refractivity (Wildman–Crippen MR) is 147 cm³/mol. The van der Waals surface area contributed by atoms with Gasteiger partial charge in [-0.2, -0.15) is 0 Å². The molecule has 1 aliphatic carbocycles. The van der Waals surface area contributed by atoms with Crippen molar-refractivity contribution in [1.82, 2.24) is 0 Å². The second kappa shape index (κ2) is 10.3. The summed E-state index contributed by atoms with van der Waals surface area (Å²) in [6.45, 7) is 11.0. The zero-order valence-electron chi connectivity index (χ0n) is 21.1. The molecule has 0 saturated heterocycles. The number of fused-ring (bicyclic) bond motifs is 1. The van der Waals surface area contributed by atoms with Crippen LogP contribution < -0.4 is 4.46 Å². The maximum absolute atomic E-state index is 11.6. The normalized spacial score (nSPS) is 14.1. The second-order valence-electron chi connectivity index (χ2n) is 10.4. The molecule has 0 spiro atoms. The number of carboxylic acid groups (broad SMARTS) is 1. The number of aryl methyl sites for hydroxylation is 1. The number of carbonyl (C=O) groups is 1. The van der Waals surface area contributed by atoms with Crippen LogP contribution in [0.1, 0.15) is 77.9 Å². The average molecular weight is 528 g/mol. The number of benzene rings is 3. The molecule has 0 amide bonds. The molecule has 0 aliphatic heterocycles. The van der Waals surface area contributed by atoms with Gasteiger partial charge in [0.1, 0.15) is 0 Å². The van der Waals surface area contributed by atoms with Gasteiger partial charge >= 0.3 is 216 Å². The van der Waals surface area contributed by atoms with Gasteiger partial charge in [-0.3, -0.25) is 0 Å². The second-order valence-corrected chi connectivity index (χ2v) is 12.2. The molecule has 0 aromatic heterocycles. The standard InChI is InChI=1S/C32H32O2Se/c1-21(2)18-25-19-23(8-12-28(25)31(33)34)15-17-35-26-11-13-29-27(24-9-6-22(3)7-10-24)14-16-32(4,5)30(29)20-26/h6-14,19-21H,16,18H2,1-5H3,(H,33,34). The summed E-state index contributed by atoms with van der Waals surface area (Å²) >= 11 is 0.0139. The fraction of sp³-hybridized carbons (Fsp3) is 0.281. The molecule has 0 heterocycles. The quantitative estimate of drug-likeness (QED) is 0.311. The average Bonchev–Trinajstić information content (AvgIpc) is 2.80. The van der Waals surface area contributed by atoms with Crippen molar-refractivity contribution < 1.29 is 9.90 Å². The van der Waals surface area contributed by atoms with Crippen LogP contribution in [-0.2, 0) is 11.8 Å².